The first-order chi connectivity index (χ1) is 11.0. The first kappa shape index (κ1) is 16.0. The molecule has 2 aromatic rings. The molecule has 0 bridgehead atoms. The number of nitrogens with zero attached hydrogens (tertiary/aromatic N) is 1. The Kier molecular flexibility index (Phi) is 4.39. The Labute approximate surface area is 136 Å². The van der Waals surface area contributed by atoms with Crippen molar-refractivity contribution in [3.05, 3.63) is 65.2 Å². The van der Waals surface area contributed by atoms with Crippen LogP contribution >= 0.6 is 0 Å². The van der Waals surface area contributed by atoms with Gasteiger partial charge in [0.2, 0.25) is 10.0 Å². The summed E-state index contributed by atoms with van der Waals surface area (Å²) in [5.74, 6) is -0.00314. The second-order valence-corrected chi connectivity index (χ2v) is 7.74. The minimum Gasteiger partial charge on any atom is -0.387 e. The Balaban J connectivity index is 1.64. The topological polar surface area (TPSA) is 69.6 Å². The smallest absolute Gasteiger partial charge is 0.239 e. The summed E-state index contributed by atoms with van der Waals surface area (Å²) in [6.07, 6.45) is -0.669. The maximum Gasteiger partial charge on any atom is 0.239 e. The van der Waals surface area contributed by atoms with Crippen molar-refractivity contribution < 1.29 is 13.5 Å². The monoisotopic (exact) mass is 332 g/mol. The molecule has 2 aromatic carbocycles. The highest BCUT2D eigenvalue weighted by Crippen LogP contribution is 2.33. The fourth-order valence-corrected chi connectivity index (χ4v) is 4.04. The Hall–Kier alpha value is -1.89. The van der Waals surface area contributed by atoms with Gasteiger partial charge in [-0.15, -0.1) is 0 Å². The summed E-state index contributed by atoms with van der Waals surface area (Å²) in [6.45, 7) is 1.09. The van der Waals surface area contributed by atoms with E-state index in [4.69, 9.17) is 0 Å². The lowest BCUT2D eigenvalue weighted by Crippen LogP contribution is -2.21. The van der Waals surface area contributed by atoms with Gasteiger partial charge < -0.3 is 10.4 Å². The molecule has 2 N–H and O–H groups in total. The molecule has 6 heteroatoms. The van der Waals surface area contributed by atoms with Gasteiger partial charge >= 0.3 is 0 Å². The van der Waals surface area contributed by atoms with Gasteiger partial charge in [0.25, 0.3) is 0 Å². The lowest BCUT2D eigenvalue weighted by atomic mass is 10.0. The molecule has 0 spiro atoms. The molecule has 1 aliphatic heterocycles. The Bertz CT molecular complexity index is 791. The zero-order valence-corrected chi connectivity index (χ0v) is 13.8. The Morgan fingerprint density at radius 3 is 2.70 bits per heavy atom. The van der Waals surface area contributed by atoms with Crippen molar-refractivity contribution in [2.75, 3.05) is 17.9 Å². The molecule has 23 heavy (non-hydrogen) atoms. The normalized spacial score (nSPS) is 17.0. The SMILES string of the molecule is CN1c2ccc(C(O)CNCc3ccccc3)cc2CS1(=O)=O. The van der Waals surface area contributed by atoms with Crippen LogP contribution < -0.4 is 9.62 Å². The predicted octanol–water partition coefficient (Wildman–Crippen LogP) is 1.79. The number of nitrogens with one attached hydrogen (secondary N) is 1. The fourth-order valence-electron chi connectivity index (χ4n) is 2.75. The number of aliphatic hydroxyl groups is 1. The Morgan fingerprint density at radius 2 is 1.96 bits per heavy atom. The highest BCUT2D eigenvalue weighted by molar-refractivity contribution is 7.92. The van der Waals surface area contributed by atoms with Crippen LogP contribution in [0.2, 0.25) is 0 Å². The summed E-state index contributed by atoms with van der Waals surface area (Å²) in [5.41, 5.74) is 3.32. The van der Waals surface area contributed by atoms with Crippen LogP contribution in [0.4, 0.5) is 5.69 Å². The number of sulfonamides is 1. The van der Waals surface area contributed by atoms with Crippen molar-refractivity contribution in [1.82, 2.24) is 5.32 Å². The summed E-state index contributed by atoms with van der Waals surface area (Å²) in [6, 6.07) is 15.3. The van der Waals surface area contributed by atoms with Crippen LogP contribution in [0.15, 0.2) is 48.5 Å². The third kappa shape index (κ3) is 3.39. The molecule has 1 heterocycles. The van der Waals surface area contributed by atoms with Crippen LogP contribution in [0, 0.1) is 0 Å². The number of benzene rings is 2. The quantitative estimate of drug-likeness (QED) is 0.876. The van der Waals surface area contributed by atoms with Gasteiger partial charge in [-0.05, 0) is 28.8 Å². The van der Waals surface area contributed by atoms with Gasteiger partial charge in [-0.25, -0.2) is 8.42 Å². The fraction of sp³-hybridized carbons (Fsp3) is 0.294. The Morgan fingerprint density at radius 1 is 1.22 bits per heavy atom. The van der Waals surface area contributed by atoms with E-state index < -0.39 is 16.1 Å². The third-order valence-corrected chi connectivity index (χ3v) is 5.80. The van der Waals surface area contributed by atoms with Crippen LogP contribution in [0.1, 0.15) is 22.8 Å². The minimum absolute atomic E-state index is 0.00314. The van der Waals surface area contributed by atoms with Crippen molar-refractivity contribution in [2.45, 2.75) is 18.4 Å². The first-order valence-corrected chi connectivity index (χ1v) is 9.10. The molecule has 0 saturated carbocycles. The van der Waals surface area contributed by atoms with E-state index in [0.29, 0.717) is 18.8 Å². The van der Waals surface area contributed by atoms with Crippen LogP contribution in [-0.2, 0) is 22.3 Å². The second-order valence-electron chi connectivity index (χ2n) is 5.74. The lowest BCUT2D eigenvalue weighted by Gasteiger charge is -2.15. The molecule has 0 aromatic heterocycles. The molecular formula is C17H20N2O3S. The maximum atomic E-state index is 11.9. The van der Waals surface area contributed by atoms with Crippen molar-refractivity contribution in [3.8, 4) is 0 Å². The second kappa shape index (κ2) is 6.31. The summed E-state index contributed by atoms with van der Waals surface area (Å²) in [4.78, 5) is 0. The van der Waals surface area contributed by atoms with E-state index in [1.807, 2.05) is 30.3 Å². The van der Waals surface area contributed by atoms with Gasteiger partial charge in [0.1, 0.15) is 0 Å². The highest BCUT2D eigenvalue weighted by Gasteiger charge is 2.30. The number of aliphatic hydroxyl groups excluding tert-OH is 1. The van der Waals surface area contributed by atoms with E-state index in [1.165, 1.54) is 4.31 Å². The predicted molar refractivity (Wildman–Crippen MR) is 90.6 cm³/mol. The summed E-state index contributed by atoms with van der Waals surface area (Å²) >= 11 is 0. The first-order valence-electron chi connectivity index (χ1n) is 7.49. The zero-order chi connectivity index (χ0) is 16.4. The van der Waals surface area contributed by atoms with Crippen LogP contribution in [0.25, 0.3) is 0 Å². The molecule has 3 rings (SSSR count). The van der Waals surface area contributed by atoms with Crippen molar-refractivity contribution in [1.29, 1.82) is 0 Å². The number of hydrogen-bond acceptors (Lipinski definition) is 4. The molecule has 0 amide bonds. The number of anilines is 1. The van der Waals surface area contributed by atoms with E-state index in [0.717, 1.165) is 16.7 Å². The molecule has 1 unspecified atom stereocenters. The molecule has 0 radical (unpaired) electrons. The minimum atomic E-state index is -3.24. The van der Waals surface area contributed by atoms with E-state index in [9.17, 15) is 13.5 Å². The van der Waals surface area contributed by atoms with Crippen molar-refractivity contribution in [3.63, 3.8) is 0 Å². The maximum absolute atomic E-state index is 11.9. The van der Waals surface area contributed by atoms with Gasteiger partial charge in [-0.3, -0.25) is 4.31 Å². The summed E-state index contributed by atoms with van der Waals surface area (Å²) < 4.78 is 25.1. The summed E-state index contributed by atoms with van der Waals surface area (Å²) in [7, 11) is -1.69. The van der Waals surface area contributed by atoms with Crippen molar-refractivity contribution >= 4 is 15.7 Å². The molecule has 0 saturated heterocycles. The lowest BCUT2D eigenvalue weighted by molar-refractivity contribution is 0.174. The largest absolute Gasteiger partial charge is 0.387 e. The van der Waals surface area contributed by atoms with Crippen LogP contribution in [0.3, 0.4) is 0 Å². The molecular weight excluding hydrogens is 312 g/mol. The number of fused-ring (bicyclic) bond motifs is 1. The van der Waals surface area contributed by atoms with Gasteiger partial charge in [0.15, 0.2) is 0 Å². The van der Waals surface area contributed by atoms with Gasteiger partial charge in [-0.2, -0.15) is 0 Å². The summed E-state index contributed by atoms with van der Waals surface area (Å²) in [5, 5.41) is 13.5. The molecule has 122 valence electrons. The van der Waals surface area contributed by atoms with Crippen molar-refractivity contribution in [2.24, 2.45) is 0 Å². The van der Waals surface area contributed by atoms with E-state index in [1.54, 1.807) is 25.2 Å². The molecule has 1 atom stereocenters. The average molecular weight is 332 g/mol. The molecule has 5 nitrogen and oxygen atoms in total. The van der Waals surface area contributed by atoms with E-state index >= 15 is 0 Å². The molecule has 1 aliphatic rings. The van der Waals surface area contributed by atoms with Gasteiger partial charge in [0.05, 0.1) is 17.5 Å². The zero-order valence-electron chi connectivity index (χ0n) is 12.9. The van der Waals surface area contributed by atoms with E-state index in [2.05, 4.69) is 5.32 Å². The molecule has 0 fully saturated rings. The average Bonchev–Trinajstić information content (AvgIpc) is 2.77. The van der Waals surface area contributed by atoms with Gasteiger partial charge in [0, 0.05) is 20.1 Å². The molecule has 0 aliphatic carbocycles. The van der Waals surface area contributed by atoms with Gasteiger partial charge in [-0.1, -0.05) is 36.4 Å². The van der Waals surface area contributed by atoms with Crippen LogP contribution in [-0.4, -0.2) is 27.1 Å². The van der Waals surface area contributed by atoms with Crippen LogP contribution in [0.5, 0.6) is 0 Å². The highest BCUT2D eigenvalue weighted by atomic mass is 32.2. The van der Waals surface area contributed by atoms with E-state index in [-0.39, 0.29) is 5.75 Å². The number of rotatable bonds is 5. The standard InChI is InChI=1S/C17H20N2O3S/c1-19-16-8-7-14(9-15(16)12-23(19,21)22)17(20)11-18-10-13-5-3-2-4-6-13/h2-9,17-18,20H,10-12H2,1H3. The number of hydrogen-bond donors (Lipinski definition) is 2. The third-order valence-electron chi connectivity index (χ3n) is 4.09.